The van der Waals surface area contributed by atoms with E-state index in [1.165, 1.54) is 6.07 Å². The van der Waals surface area contributed by atoms with Crippen molar-refractivity contribution in [1.82, 2.24) is 4.98 Å². The van der Waals surface area contributed by atoms with Crippen molar-refractivity contribution in [3.63, 3.8) is 0 Å². The molecule has 0 aromatic carbocycles. The first-order valence-electron chi connectivity index (χ1n) is 4.95. The lowest BCUT2D eigenvalue weighted by Crippen LogP contribution is -2.10. The highest BCUT2D eigenvalue weighted by Crippen LogP contribution is 2.23. The van der Waals surface area contributed by atoms with Gasteiger partial charge in [-0.3, -0.25) is 0 Å². The Morgan fingerprint density at radius 3 is 2.75 bits per heavy atom. The van der Waals surface area contributed by atoms with Crippen LogP contribution in [0.4, 0.5) is 0 Å². The summed E-state index contributed by atoms with van der Waals surface area (Å²) >= 11 is 5.81. The monoisotopic (exact) mass is 243 g/mol. The Morgan fingerprint density at radius 1 is 1.62 bits per heavy atom. The van der Waals surface area contributed by atoms with E-state index in [2.05, 4.69) is 4.98 Å². The molecule has 0 aliphatic carbocycles. The van der Waals surface area contributed by atoms with Crippen LogP contribution in [0.2, 0.25) is 5.02 Å². The number of pyridine rings is 1. The van der Waals surface area contributed by atoms with Crippen LogP contribution in [-0.2, 0) is 0 Å². The van der Waals surface area contributed by atoms with Crippen LogP contribution >= 0.6 is 11.6 Å². The Hall–Kier alpha value is -1.29. The molecule has 0 amide bonds. The molecule has 0 atom stereocenters. The molecule has 1 N–H and O–H groups in total. The lowest BCUT2D eigenvalue weighted by Gasteiger charge is -2.11. The van der Waals surface area contributed by atoms with Gasteiger partial charge in [0.2, 0.25) is 5.88 Å². The first kappa shape index (κ1) is 12.8. The van der Waals surface area contributed by atoms with Gasteiger partial charge in [0.1, 0.15) is 5.56 Å². The van der Waals surface area contributed by atoms with E-state index < -0.39 is 5.97 Å². The minimum Gasteiger partial charge on any atom is -0.477 e. The molecule has 1 rings (SSSR count). The fourth-order valence-corrected chi connectivity index (χ4v) is 1.22. The number of carbonyl (C=O) groups is 1. The van der Waals surface area contributed by atoms with Gasteiger partial charge < -0.3 is 9.84 Å². The van der Waals surface area contributed by atoms with Crippen molar-refractivity contribution in [2.24, 2.45) is 5.92 Å². The zero-order chi connectivity index (χ0) is 12.3. The van der Waals surface area contributed by atoms with Gasteiger partial charge in [0.05, 0.1) is 17.3 Å². The second-order valence-electron chi connectivity index (χ2n) is 3.92. The number of carboxylic acid groups (broad SMARTS) is 1. The van der Waals surface area contributed by atoms with E-state index in [1.54, 1.807) is 6.92 Å². The van der Waals surface area contributed by atoms with Crippen molar-refractivity contribution < 1.29 is 14.6 Å². The highest BCUT2D eigenvalue weighted by Gasteiger charge is 2.16. The maximum absolute atomic E-state index is 11.0. The van der Waals surface area contributed by atoms with Crippen LogP contribution in [0, 0.1) is 12.8 Å². The Balaban J connectivity index is 3.05. The van der Waals surface area contributed by atoms with Gasteiger partial charge in [-0.2, -0.15) is 0 Å². The van der Waals surface area contributed by atoms with E-state index in [9.17, 15) is 4.79 Å². The molecule has 1 heterocycles. The first-order chi connectivity index (χ1) is 7.41. The molecular formula is C11H14ClNO3. The number of aromatic nitrogens is 1. The maximum atomic E-state index is 11.0. The van der Waals surface area contributed by atoms with Crippen molar-refractivity contribution in [3.05, 3.63) is 22.3 Å². The number of aromatic carboxylic acids is 1. The molecule has 0 unspecified atom stereocenters. The summed E-state index contributed by atoms with van der Waals surface area (Å²) in [4.78, 5) is 15.0. The summed E-state index contributed by atoms with van der Waals surface area (Å²) in [7, 11) is 0. The van der Waals surface area contributed by atoms with Crippen LogP contribution in [0.1, 0.15) is 29.9 Å². The number of halogens is 1. The number of ether oxygens (including phenoxy) is 1. The summed E-state index contributed by atoms with van der Waals surface area (Å²) in [6, 6.07) is 1.36. The number of carboxylic acids is 1. The molecule has 0 spiro atoms. The van der Waals surface area contributed by atoms with E-state index in [-0.39, 0.29) is 11.4 Å². The molecule has 4 nitrogen and oxygen atoms in total. The third-order valence-electron chi connectivity index (χ3n) is 1.90. The zero-order valence-corrected chi connectivity index (χ0v) is 10.2. The minimum absolute atomic E-state index is 0.00347. The second-order valence-corrected chi connectivity index (χ2v) is 4.33. The molecule has 0 saturated carbocycles. The summed E-state index contributed by atoms with van der Waals surface area (Å²) in [6.45, 7) is 6.08. The molecule has 5 heteroatoms. The van der Waals surface area contributed by atoms with E-state index in [0.29, 0.717) is 23.2 Å². The molecule has 88 valence electrons. The number of hydrogen-bond donors (Lipinski definition) is 1. The largest absolute Gasteiger partial charge is 0.477 e. The summed E-state index contributed by atoms with van der Waals surface area (Å²) in [6.07, 6.45) is 0. The Bertz CT molecular complexity index is 404. The van der Waals surface area contributed by atoms with Gasteiger partial charge in [-0.15, -0.1) is 0 Å². The molecule has 0 saturated heterocycles. The molecule has 0 aliphatic rings. The van der Waals surface area contributed by atoms with Crippen molar-refractivity contribution >= 4 is 17.6 Å². The van der Waals surface area contributed by atoms with Gasteiger partial charge in [-0.1, -0.05) is 25.4 Å². The van der Waals surface area contributed by atoms with Gasteiger partial charge in [-0.05, 0) is 18.9 Å². The van der Waals surface area contributed by atoms with E-state index in [4.69, 9.17) is 21.4 Å². The Labute approximate surface area is 99.2 Å². The van der Waals surface area contributed by atoms with E-state index in [1.807, 2.05) is 13.8 Å². The van der Waals surface area contributed by atoms with Crippen LogP contribution in [0.15, 0.2) is 6.07 Å². The smallest absolute Gasteiger partial charge is 0.341 e. The molecule has 0 radical (unpaired) electrons. The molecule has 0 aliphatic heterocycles. The Morgan fingerprint density at radius 2 is 2.25 bits per heavy atom. The third kappa shape index (κ3) is 3.10. The predicted octanol–water partition coefficient (Wildman–Crippen LogP) is 2.78. The van der Waals surface area contributed by atoms with Gasteiger partial charge >= 0.3 is 5.97 Å². The molecule has 0 bridgehead atoms. The summed E-state index contributed by atoms with van der Waals surface area (Å²) < 4.78 is 5.35. The molecular weight excluding hydrogens is 230 g/mol. The lowest BCUT2D eigenvalue weighted by molar-refractivity contribution is 0.0690. The lowest BCUT2D eigenvalue weighted by atomic mass is 10.2. The number of rotatable bonds is 4. The zero-order valence-electron chi connectivity index (χ0n) is 9.45. The maximum Gasteiger partial charge on any atom is 0.341 e. The van der Waals surface area contributed by atoms with Crippen LogP contribution in [-0.4, -0.2) is 22.7 Å². The minimum atomic E-state index is -1.09. The molecule has 16 heavy (non-hydrogen) atoms. The highest BCUT2D eigenvalue weighted by molar-refractivity contribution is 6.31. The number of nitrogens with zero attached hydrogens (tertiary/aromatic N) is 1. The average molecular weight is 244 g/mol. The Kier molecular flexibility index (Phi) is 4.12. The topological polar surface area (TPSA) is 59.4 Å². The highest BCUT2D eigenvalue weighted by atomic mass is 35.5. The quantitative estimate of drug-likeness (QED) is 0.883. The van der Waals surface area contributed by atoms with Crippen molar-refractivity contribution in [2.45, 2.75) is 20.8 Å². The van der Waals surface area contributed by atoms with Crippen molar-refractivity contribution in [2.75, 3.05) is 6.61 Å². The molecule has 1 aromatic heterocycles. The normalized spacial score (nSPS) is 10.6. The van der Waals surface area contributed by atoms with Crippen LogP contribution in [0.5, 0.6) is 5.88 Å². The average Bonchev–Trinajstić information content (AvgIpc) is 2.18. The van der Waals surface area contributed by atoms with Crippen LogP contribution in [0.3, 0.4) is 0 Å². The SMILES string of the molecule is Cc1nc(OCC(C)C)c(C(=O)O)cc1Cl. The predicted molar refractivity (Wildman–Crippen MR) is 61.3 cm³/mol. The van der Waals surface area contributed by atoms with Gasteiger partial charge in [0.15, 0.2) is 0 Å². The number of hydrogen-bond acceptors (Lipinski definition) is 3. The van der Waals surface area contributed by atoms with Gasteiger partial charge in [0.25, 0.3) is 0 Å². The van der Waals surface area contributed by atoms with Gasteiger partial charge in [0, 0.05) is 0 Å². The van der Waals surface area contributed by atoms with Crippen molar-refractivity contribution in [3.8, 4) is 5.88 Å². The number of aryl methyl sites for hydroxylation is 1. The second kappa shape index (κ2) is 5.16. The third-order valence-corrected chi connectivity index (χ3v) is 2.28. The summed E-state index contributed by atoms with van der Waals surface area (Å²) in [5, 5.41) is 9.30. The van der Waals surface area contributed by atoms with Crippen molar-refractivity contribution in [1.29, 1.82) is 0 Å². The van der Waals surface area contributed by atoms with Crippen LogP contribution < -0.4 is 4.74 Å². The first-order valence-corrected chi connectivity index (χ1v) is 5.32. The summed E-state index contributed by atoms with van der Waals surface area (Å²) in [5.41, 5.74) is 0.557. The standard InChI is InChI=1S/C11H14ClNO3/c1-6(2)5-16-10-8(11(14)15)4-9(12)7(3)13-10/h4,6H,5H2,1-3H3,(H,14,15). The van der Waals surface area contributed by atoms with E-state index in [0.717, 1.165) is 0 Å². The molecule has 1 aromatic rings. The molecule has 0 fully saturated rings. The van der Waals surface area contributed by atoms with E-state index >= 15 is 0 Å². The van der Waals surface area contributed by atoms with Gasteiger partial charge in [-0.25, -0.2) is 9.78 Å². The fourth-order valence-electron chi connectivity index (χ4n) is 1.07. The summed E-state index contributed by atoms with van der Waals surface area (Å²) in [5.74, 6) is -0.657. The van der Waals surface area contributed by atoms with Crippen LogP contribution in [0.25, 0.3) is 0 Å². The fraction of sp³-hybridized carbons (Fsp3) is 0.455.